The Morgan fingerprint density at radius 1 is 1.36 bits per heavy atom. The van der Waals surface area contributed by atoms with Crippen molar-refractivity contribution in [1.82, 2.24) is 0 Å². The van der Waals surface area contributed by atoms with E-state index in [-0.39, 0.29) is 12.0 Å². The van der Waals surface area contributed by atoms with Gasteiger partial charge < -0.3 is 11.5 Å². The van der Waals surface area contributed by atoms with Crippen LogP contribution in [0.2, 0.25) is 10.0 Å². The molecule has 0 aliphatic heterocycles. The summed E-state index contributed by atoms with van der Waals surface area (Å²) >= 11 is 11.9. The third kappa shape index (κ3) is 2.61. The van der Waals surface area contributed by atoms with E-state index in [9.17, 15) is 0 Å². The fourth-order valence-corrected chi connectivity index (χ4v) is 1.86. The van der Waals surface area contributed by atoms with Crippen molar-refractivity contribution in [2.24, 2.45) is 11.5 Å². The zero-order chi connectivity index (χ0) is 10.7. The first-order valence-electron chi connectivity index (χ1n) is 4.47. The van der Waals surface area contributed by atoms with E-state index >= 15 is 0 Å². The summed E-state index contributed by atoms with van der Waals surface area (Å²) in [5.74, 6) is 0.0567. The predicted molar refractivity (Wildman–Crippen MR) is 61.9 cm³/mol. The zero-order valence-corrected chi connectivity index (χ0v) is 9.52. The van der Waals surface area contributed by atoms with Crippen molar-refractivity contribution in [3.63, 3.8) is 0 Å². The van der Waals surface area contributed by atoms with E-state index in [4.69, 9.17) is 34.7 Å². The Bertz CT molecular complexity index is 313. The van der Waals surface area contributed by atoms with Crippen molar-refractivity contribution in [3.05, 3.63) is 33.8 Å². The molecular formula is C10H14Cl2N2. The van der Waals surface area contributed by atoms with Gasteiger partial charge in [-0.25, -0.2) is 0 Å². The van der Waals surface area contributed by atoms with Gasteiger partial charge in [0.1, 0.15) is 0 Å². The minimum atomic E-state index is -0.0315. The standard InChI is InChI=1S/C10H14Cl2N2/c1-6(14)9(5-13)8-4-7(11)2-3-10(8)12/h2-4,6,9H,5,13-14H2,1H3. The first-order valence-corrected chi connectivity index (χ1v) is 5.22. The molecule has 0 fully saturated rings. The molecule has 0 aliphatic carbocycles. The van der Waals surface area contributed by atoms with Gasteiger partial charge in [0.05, 0.1) is 0 Å². The van der Waals surface area contributed by atoms with Gasteiger partial charge >= 0.3 is 0 Å². The van der Waals surface area contributed by atoms with E-state index in [0.29, 0.717) is 16.6 Å². The van der Waals surface area contributed by atoms with Crippen molar-refractivity contribution in [3.8, 4) is 0 Å². The molecule has 0 radical (unpaired) electrons. The normalized spacial score (nSPS) is 15.2. The number of rotatable bonds is 3. The van der Waals surface area contributed by atoms with E-state index < -0.39 is 0 Å². The summed E-state index contributed by atoms with van der Waals surface area (Å²) in [7, 11) is 0. The van der Waals surface area contributed by atoms with E-state index in [1.807, 2.05) is 13.0 Å². The Labute approximate surface area is 94.2 Å². The molecule has 1 rings (SSSR count). The van der Waals surface area contributed by atoms with Gasteiger partial charge in [-0.3, -0.25) is 0 Å². The number of benzene rings is 1. The SMILES string of the molecule is CC(N)C(CN)c1cc(Cl)ccc1Cl. The Morgan fingerprint density at radius 2 is 2.00 bits per heavy atom. The summed E-state index contributed by atoms with van der Waals surface area (Å²) in [5, 5.41) is 1.32. The van der Waals surface area contributed by atoms with Crippen LogP contribution in [0.5, 0.6) is 0 Å². The molecule has 0 aromatic heterocycles. The smallest absolute Gasteiger partial charge is 0.0442 e. The molecule has 4 heteroatoms. The molecule has 1 aromatic carbocycles. The summed E-state index contributed by atoms with van der Waals surface area (Å²) in [6.07, 6.45) is 0. The van der Waals surface area contributed by atoms with E-state index in [2.05, 4.69) is 0 Å². The summed E-state index contributed by atoms with van der Waals surface area (Å²) < 4.78 is 0. The maximum atomic E-state index is 6.04. The molecule has 14 heavy (non-hydrogen) atoms. The maximum absolute atomic E-state index is 6.04. The van der Waals surface area contributed by atoms with Crippen LogP contribution >= 0.6 is 23.2 Å². The fourth-order valence-electron chi connectivity index (χ4n) is 1.42. The van der Waals surface area contributed by atoms with Crippen LogP contribution in [0.1, 0.15) is 18.4 Å². The monoisotopic (exact) mass is 232 g/mol. The number of hydrogen-bond acceptors (Lipinski definition) is 2. The topological polar surface area (TPSA) is 52.0 Å². The number of hydrogen-bond donors (Lipinski definition) is 2. The average molecular weight is 233 g/mol. The second kappa shape index (κ2) is 4.99. The van der Waals surface area contributed by atoms with E-state index in [1.54, 1.807) is 12.1 Å². The molecule has 1 aromatic rings. The summed E-state index contributed by atoms with van der Waals surface area (Å²) in [6.45, 7) is 2.38. The Kier molecular flexibility index (Phi) is 4.20. The van der Waals surface area contributed by atoms with Gasteiger partial charge in [0.25, 0.3) is 0 Å². The van der Waals surface area contributed by atoms with Gasteiger partial charge in [-0.05, 0) is 30.7 Å². The van der Waals surface area contributed by atoms with Crippen LogP contribution in [0.4, 0.5) is 0 Å². The van der Waals surface area contributed by atoms with Crippen LogP contribution in [0.25, 0.3) is 0 Å². The molecule has 0 spiro atoms. The second-order valence-corrected chi connectivity index (χ2v) is 4.21. The van der Waals surface area contributed by atoms with Gasteiger partial charge in [-0.1, -0.05) is 23.2 Å². The second-order valence-electron chi connectivity index (χ2n) is 3.37. The number of halogens is 2. The van der Waals surface area contributed by atoms with Crippen LogP contribution in [0.15, 0.2) is 18.2 Å². The average Bonchev–Trinajstić information content (AvgIpc) is 2.11. The van der Waals surface area contributed by atoms with Crippen molar-refractivity contribution in [1.29, 1.82) is 0 Å². The first kappa shape index (κ1) is 11.8. The molecule has 0 amide bonds. The zero-order valence-electron chi connectivity index (χ0n) is 8.00. The Balaban J connectivity index is 3.08. The summed E-state index contributed by atoms with van der Waals surface area (Å²) in [6, 6.07) is 5.31. The molecular weight excluding hydrogens is 219 g/mol. The molecule has 2 atom stereocenters. The number of nitrogens with two attached hydrogens (primary N) is 2. The van der Waals surface area contributed by atoms with Crippen LogP contribution in [-0.2, 0) is 0 Å². The Morgan fingerprint density at radius 3 is 2.50 bits per heavy atom. The molecule has 0 heterocycles. The predicted octanol–water partition coefficient (Wildman–Crippen LogP) is 2.38. The third-order valence-corrected chi connectivity index (χ3v) is 2.83. The summed E-state index contributed by atoms with van der Waals surface area (Å²) in [5.41, 5.74) is 12.4. The molecule has 4 N–H and O–H groups in total. The minimum Gasteiger partial charge on any atom is -0.330 e. The fraction of sp³-hybridized carbons (Fsp3) is 0.400. The van der Waals surface area contributed by atoms with Gasteiger partial charge in [-0.2, -0.15) is 0 Å². The van der Waals surface area contributed by atoms with Crippen molar-refractivity contribution >= 4 is 23.2 Å². The van der Waals surface area contributed by atoms with Gasteiger partial charge in [0, 0.05) is 28.5 Å². The highest BCUT2D eigenvalue weighted by molar-refractivity contribution is 6.33. The van der Waals surface area contributed by atoms with Crippen LogP contribution in [-0.4, -0.2) is 12.6 Å². The first-order chi connectivity index (χ1) is 6.56. The lowest BCUT2D eigenvalue weighted by molar-refractivity contribution is 0.577. The molecule has 0 saturated heterocycles. The van der Waals surface area contributed by atoms with Crippen molar-refractivity contribution in [2.75, 3.05) is 6.54 Å². The van der Waals surface area contributed by atoms with Crippen molar-refractivity contribution < 1.29 is 0 Å². The molecule has 0 bridgehead atoms. The lowest BCUT2D eigenvalue weighted by Crippen LogP contribution is -2.30. The molecule has 0 aliphatic rings. The lowest BCUT2D eigenvalue weighted by Gasteiger charge is -2.20. The van der Waals surface area contributed by atoms with Crippen molar-refractivity contribution in [2.45, 2.75) is 18.9 Å². The van der Waals surface area contributed by atoms with E-state index in [0.717, 1.165) is 5.56 Å². The van der Waals surface area contributed by atoms with Gasteiger partial charge in [0.2, 0.25) is 0 Å². The van der Waals surface area contributed by atoms with E-state index in [1.165, 1.54) is 0 Å². The van der Waals surface area contributed by atoms with Gasteiger partial charge in [-0.15, -0.1) is 0 Å². The highest BCUT2D eigenvalue weighted by Gasteiger charge is 2.17. The molecule has 2 unspecified atom stereocenters. The highest BCUT2D eigenvalue weighted by Crippen LogP contribution is 2.28. The van der Waals surface area contributed by atoms with Gasteiger partial charge in [0.15, 0.2) is 0 Å². The third-order valence-electron chi connectivity index (χ3n) is 2.25. The molecule has 0 saturated carbocycles. The summed E-state index contributed by atoms with van der Waals surface area (Å²) in [4.78, 5) is 0. The Hall–Kier alpha value is -0.280. The minimum absolute atomic E-state index is 0.0315. The molecule has 2 nitrogen and oxygen atoms in total. The van der Waals surface area contributed by atoms with Crippen LogP contribution in [0.3, 0.4) is 0 Å². The quantitative estimate of drug-likeness (QED) is 0.842. The lowest BCUT2D eigenvalue weighted by atomic mass is 9.93. The maximum Gasteiger partial charge on any atom is 0.0442 e. The molecule has 78 valence electrons. The van der Waals surface area contributed by atoms with Crippen LogP contribution in [0, 0.1) is 0 Å². The highest BCUT2D eigenvalue weighted by atomic mass is 35.5. The largest absolute Gasteiger partial charge is 0.330 e. The van der Waals surface area contributed by atoms with Crippen LogP contribution < -0.4 is 11.5 Å².